The van der Waals surface area contributed by atoms with Gasteiger partial charge in [-0.05, 0) is 34.6 Å². The highest BCUT2D eigenvalue weighted by Gasteiger charge is 2.20. The summed E-state index contributed by atoms with van der Waals surface area (Å²) in [6.07, 6.45) is 0. The Labute approximate surface area is 185 Å². The van der Waals surface area contributed by atoms with Gasteiger partial charge in [-0.2, -0.15) is 0 Å². The molecule has 10 heteroatoms. The molecule has 0 aliphatic rings. The van der Waals surface area contributed by atoms with Gasteiger partial charge < -0.3 is 15.4 Å². The molecular formula is C17H26IN5O2S2. The largest absolute Gasteiger partial charge is 0.462 e. The van der Waals surface area contributed by atoms with Gasteiger partial charge >= 0.3 is 5.97 Å². The molecule has 0 spiro atoms. The number of ether oxygens (including phenoxy) is 1. The summed E-state index contributed by atoms with van der Waals surface area (Å²) in [7, 11) is 1.73. The number of rotatable bonds is 6. The van der Waals surface area contributed by atoms with Gasteiger partial charge in [-0.1, -0.05) is 0 Å². The van der Waals surface area contributed by atoms with Crippen molar-refractivity contribution in [2.24, 2.45) is 4.99 Å². The third kappa shape index (κ3) is 6.39. The Morgan fingerprint density at radius 1 is 1.22 bits per heavy atom. The van der Waals surface area contributed by atoms with Crippen LogP contribution in [0.2, 0.25) is 0 Å². The van der Waals surface area contributed by atoms with Gasteiger partial charge in [-0.3, -0.25) is 4.99 Å². The summed E-state index contributed by atoms with van der Waals surface area (Å²) in [5, 5.41) is 8.48. The molecule has 0 radical (unpaired) electrons. The van der Waals surface area contributed by atoms with E-state index in [1.165, 1.54) is 16.2 Å². The normalized spacial score (nSPS) is 12.3. The highest BCUT2D eigenvalue weighted by molar-refractivity contribution is 14.0. The SMILES string of the molecule is CCOC(=O)c1sc(C(C)NC(=NC)NCc2sc(C)nc2C)nc1C.I. The Hall–Kier alpha value is -1.27. The average molecular weight is 523 g/mol. The molecule has 2 heterocycles. The monoisotopic (exact) mass is 523 g/mol. The van der Waals surface area contributed by atoms with Crippen LogP contribution in [0.25, 0.3) is 0 Å². The molecule has 2 rings (SSSR count). The number of aliphatic imine (C=N–C) groups is 1. The quantitative estimate of drug-likeness (QED) is 0.260. The number of halogens is 1. The molecule has 150 valence electrons. The summed E-state index contributed by atoms with van der Waals surface area (Å²) in [6.45, 7) is 10.6. The van der Waals surface area contributed by atoms with E-state index in [-0.39, 0.29) is 36.0 Å². The molecule has 0 saturated carbocycles. The maximum Gasteiger partial charge on any atom is 0.350 e. The molecule has 27 heavy (non-hydrogen) atoms. The van der Waals surface area contributed by atoms with E-state index in [4.69, 9.17) is 4.74 Å². The van der Waals surface area contributed by atoms with Crippen LogP contribution in [-0.2, 0) is 11.3 Å². The lowest BCUT2D eigenvalue weighted by Gasteiger charge is -2.16. The number of aryl methyl sites for hydroxylation is 3. The molecule has 0 aliphatic heterocycles. The number of thiazole rings is 2. The van der Waals surface area contributed by atoms with Crippen molar-refractivity contribution in [3.8, 4) is 0 Å². The van der Waals surface area contributed by atoms with Crippen molar-refractivity contribution in [1.82, 2.24) is 20.6 Å². The summed E-state index contributed by atoms with van der Waals surface area (Å²) in [5.41, 5.74) is 1.73. The van der Waals surface area contributed by atoms with Crippen LogP contribution in [0, 0.1) is 20.8 Å². The highest BCUT2D eigenvalue weighted by Crippen LogP contribution is 2.24. The standard InChI is InChI=1S/C17H25N5O2S2.HI/c1-7-24-16(23)14-10(3)21-15(26-14)11(4)22-17(18-6)19-8-13-9(2)20-12(5)25-13;/h11H,7-8H2,1-6H3,(H2,18,19,22);1H. The van der Waals surface area contributed by atoms with Gasteiger partial charge in [0.05, 0.1) is 35.6 Å². The lowest BCUT2D eigenvalue weighted by Crippen LogP contribution is -2.38. The maximum atomic E-state index is 12.0. The summed E-state index contributed by atoms with van der Waals surface area (Å²) in [4.78, 5) is 26.9. The summed E-state index contributed by atoms with van der Waals surface area (Å²) in [6, 6.07) is -0.0858. The van der Waals surface area contributed by atoms with Gasteiger partial charge in [0.15, 0.2) is 5.96 Å². The van der Waals surface area contributed by atoms with Crippen LogP contribution in [0.15, 0.2) is 4.99 Å². The molecule has 7 nitrogen and oxygen atoms in total. The number of guanidine groups is 1. The molecule has 1 unspecified atom stereocenters. The number of hydrogen-bond acceptors (Lipinski definition) is 7. The highest BCUT2D eigenvalue weighted by atomic mass is 127. The molecule has 1 atom stereocenters. The summed E-state index contributed by atoms with van der Waals surface area (Å²) >= 11 is 3.03. The lowest BCUT2D eigenvalue weighted by molar-refractivity contribution is 0.0531. The van der Waals surface area contributed by atoms with Crippen molar-refractivity contribution in [1.29, 1.82) is 0 Å². The van der Waals surface area contributed by atoms with E-state index in [0.717, 1.165) is 15.7 Å². The molecular weight excluding hydrogens is 497 g/mol. The minimum Gasteiger partial charge on any atom is -0.462 e. The second-order valence-corrected chi connectivity index (χ2v) is 8.04. The van der Waals surface area contributed by atoms with Crippen molar-refractivity contribution in [2.75, 3.05) is 13.7 Å². The van der Waals surface area contributed by atoms with Gasteiger partial charge in [-0.25, -0.2) is 14.8 Å². The summed E-state index contributed by atoms with van der Waals surface area (Å²) in [5.74, 6) is 0.355. The third-order valence-electron chi connectivity index (χ3n) is 3.64. The van der Waals surface area contributed by atoms with Crippen LogP contribution in [0.3, 0.4) is 0 Å². The van der Waals surface area contributed by atoms with Gasteiger partial charge in [-0.15, -0.1) is 46.7 Å². The molecule has 0 amide bonds. The summed E-state index contributed by atoms with van der Waals surface area (Å²) < 4.78 is 5.08. The van der Waals surface area contributed by atoms with E-state index in [2.05, 4.69) is 25.6 Å². The predicted molar refractivity (Wildman–Crippen MR) is 122 cm³/mol. The van der Waals surface area contributed by atoms with Gasteiger partial charge in [0.25, 0.3) is 0 Å². The van der Waals surface area contributed by atoms with Crippen molar-refractivity contribution in [2.45, 2.75) is 47.2 Å². The Bertz CT molecular complexity index is 803. The van der Waals surface area contributed by atoms with Crippen molar-refractivity contribution < 1.29 is 9.53 Å². The lowest BCUT2D eigenvalue weighted by atomic mass is 10.3. The Balaban J connectivity index is 0.00000364. The van der Waals surface area contributed by atoms with Crippen molar-refractivity contribution in [3.63, 3.8) is 0 Å². The van der Waals surface area contributed by atoms with Gasteiger partial charge in [0.1, 0.15) is 9.88 Å². The Morgan fingerprint density at radius 3 is 2.48 bits per heavy atom. The molecule has 2 aromatic heterocycles. The molecule has 0 bridgehead atoms. The van der Waals surface area contributed by atoms with E-state index in [1.54, 1.807) is 25.3 Å². The third-order valence-corrected chi connectivity index (χ3v) is 6.03. The molecule has 0 saturated heterocycles. The number of carbonyl (C=O) groups excluding carboxylic acids is 1. The fourth-order valence-corrected chi connectivity index (χ4v) is 4.19. The van der Waals surface area contributed by atoms with Crippen LogP contribution in [0.4, 0.5) is 0 Å². The van der Waals surface area contributed by atoms with Crippen LogP contribution in [0.1, 0.15) is 55.8 Å². The van der Waals surface area contributed by atoms with E-state index >= 15 is 0 Å². The number of carbonyl (C=O) groups is 1. The van der Waals surface area contributed by atoms with Gasteiger partial charge in [0, 0.05) is 11.9 Å². The molecule has 0 fully saturated rings. The topological polar surface area (TPSA) is 88.5 Å². The minimum absolute atomic E-state index is 0. The average Bonchev–Trinajstić information content (AvgIpc) is 3.13. The molecule has 0 aromatic carbocycles. The van der Waals surface area contributed by atoms with Crippen molar-refractivity contribution in [3.05, 3.63) is 31.2 Å². The van der Waals surface area contributed by atoms with Crippen LogP contribution in [-0.4, -0.2) is 35.6 Å². The first-order valence-corrected chi connectivity index (χ1v) is 10.0. The maximum absolute atomic E-state index is 12.0. The zero-order valence-electron chi connectivity index (χ0n) is 16.4. The zero-order valence-corrected chi connectivity index (χ0v) is 20.3. The van der Waals surface area contributed by atoms with Crippen molar-refractivity contribution >= 4 is 58.6 Å². The van der Waals surface area contributed by atoms with E-state index in [0.29, 0.717) is 29.7 Å². The first-order valence-electron chi connectivity index (χ1n) is 8.40. The number of nitrogens with zero attached hydrogens (tertiary/aromatic N) is 3. The number of esters is 1. The van der Waals surface area contributed by atoms with E-state index in [9.17, 15) is 4.79 Å². The van der Waals surface area contributed by atoms with E-state index in [1.807, 2.05) is 27.7 Å². The Morgan fingerprint density at radius 2 is 1.93 bits per heavy atom. The molecule has 2 N–H and O–H groups in total. The zero-order chi connectivity index (χ0) is 19.3. The van der Waals surface area contributed by atoms with Crippen LogP contribution in [0.5, 0.6) is 0 Å². The van der Waals surface area contributed by atoms with Crippen LogP contribution >= 0.6 is 46.7 Å². The van der Waals surface area contributed by atoms with Gasteiger partial charge in [0.2, 0.25) is 0 Å². The molecule has 2 aromatic rings. The first kappa shape index (κ1) is 23.8. The number of aromatic nitrogens is 2. The Kier molecular flexibility index (Phi) is 9.60. The first-order chi connectivity index (χ1) is 12.3. The second kappa shape index (κ2) is 10.9. The minimum atomic E-state index is -0.320. The predicted octanol–water partition coefficient (Wildman–Crippen LogP) is 3.75. The van der Waals surface area contributed by atoms with E-state index < -0.39 is 0 Å². The smallest absolute Gasteiger partial charge is 0.350 e. The molecule has 0 aliphatic carbocycles. The second-order valence-electron chi connectivity index (χ2n) is 5.72. The number of nitrogens with one attached hydrogen (secondary N) is 2. The van der Waals surface area contributed by atoms with Crippen LogP contribution < -0.4 is 10.6 Å². The fraction of sp³-hybridized carbons (Fsp3) is 0.529. The number of hydrogen-bond donors (Lipinski definition) is 2. The fourth-order valence-electron chi connectivity index (χ4n) is 2.35.